The molecule has 6 N–H and O–H groups in total. The number of rotatable bonds is 14. The molecule has 0 unspecified atom stereocenters. The highest BCUT2D eigenvalue weighted by Crippen LogP contribution is 2.31. The van der Waals surface area contributed by atoms with Crippen molar-refractivity contribution in [2.45, 2.75) is 57.1 Å². The van der Waals surface area contributed by atoms with Crippen LogP contribution in [0.1, 0.15) is 36.6 Å². The van der Waals surface area contributed by atoms with Crippen molar-refractivity contribution in [3.05, 3.63) is 89.7 Å². The third kappa shape index (κ3) is 8.99. The van der Waals surface area contributed by atoms with E-state index in [1.165, 1.54) is 25.3 Å². The smallest absolute Gasteiger partial charge is 0.242 e. The molecule has 3 aromatic carbocycles. The molecule has 0 aliphatic carbocycles. The van der Waals surface area contributed by atoms with Crippen LogP contribution in [0.3, 0.4) is 0 Å². The minimum atomic E-state index is -4.18. The second kappa shape index (κ2) is 16.4. The molecule has 0 bridgehead atoms. The number of fused-ring (bicyclic) bond motifs is 1. The molecule has 0 aliphatic heterocycles. The fourth-order valence-corrected chi connectivity index (χ4v) is 6.51. The van der Waals surface area contributed by atoms with Gasteiger partial charge < -0.3 is 26.0 Å². The number of methoxy groups -OCH3 is 1. The van der Waals surface area contributed by atoms with Gasteiger partial charge in [0.05, 0.1) is 29.3 Å². The van der Waals surface area contributed by atoms with E-state index < -0.39 is 39.8 Å². The summed E-state index contributed by atoms with van der Waals surface area (Å²) in [5.41, 5.74) is 9.65. The Kier molecular flexibility index (Phi) is 11.9. The van der Waals surface area contributed by atoms with E-state index in [0.29, 0.717) is 17.1 Å². The zero-order valence-electron chi connectivity index (χ0n) is 30.9. The van der Waals surface area contributed by atoms with Gasteiger partial charge in [0.2, 0.25) is 33.7 Å². The van der Waals surface area contributed by atoms with E-state index in [1.54, 1.807) is 67.1 Å². The number of nitrogens with two attached hydrogens (primary N) is 2. The Morgan fingerprint density at radius 1 is 0.981 bits per heavy atom. The molecule has 0 saturated carbocycles. The van der Waals surface area contributed by atoms with Crippen LogP contribution in [0.15, 0.2) is 77.8 Å². The maximum absolute atomic E-state index is 14.3. The van der Waals surface area contributed by atoms with Crippen molar-refractivity contribution in [2.75, 3.05) is 24.0 Å². The molecule has 2 aromatic heterocycles. The lowest BCUT2D eigenvalue weighted by molar-refractivity contribution is -0.130. The number of primary sulfonamides is 1. The Morgan fingerprint density at radius 2 is 1.69 bits per heavy atom. The molecule has 3 amide bonds. The van der Waals surface area contributed by atoms with E-state index >= 15 is 0 Å². The first-order chi connectivity index (χ1) is 25.6. The summed E-state index contributed by atoms with van der Waals surface area (Å²) in [6.07, 6.45) is 1.04. The van der Waals surface area contributed by atoms with E-state index in [4.69, 9.17) is 20.6 Å². The maximum Gasteiger partial charge on any atom is 0.242 e. The molecule has 54 heavy (non-hydrogen) atoms. The van der Waals surface area contributed by atoms with Gasteiger partial charge in [-0.2, -0.15) is 10.1 Å². The lowest BCUT2D eigenvalue weighted by Crippen LogP contribution is -2.51. The van der Waals surface area contributed by atoms with Gasteiger partial charge in [0.25, 0.3) is 0 Å². The lowest BCUT2D eigenvalue weighted by atomic mass is 10.1. The van der Waals surface area contributed by atoms with Crippen LogP contribution in [0.4, 0.5) is 23.1 Å². The zero-order chi connectivity index (χ0) is 39.3. The number of nitrogens with zero attached hydrogens (tertiary/aromatic N) is 6. The SMILES string of the molecule is COc1ccc(CNC(=O)[C@H](CCC(=O)N(c2ccc(C)c(S(N)(=O)=O)c2)c2nccc(N(C)c3ccc4c(C)n(C)nc4c3)n2)NC(=O)[C@H](C)N)cc1. The van der Waals surface area contributed by atoms with Crippen molar-refractivity contribution in [2.24, 2.45) is 17.9 Å². The summed E-state index contributed by atoms with van der Waals surface area (Å²) < 4.78 is 32.0. The number of nitrogens with one attached hydrogen (secondary N) is 2. The number of hydrogen-bond acceptors (Lipinski definition) is 11. The second-order valence-corrected chi connectivity index (χ2v) is 14.4. The third-order valence-corrected chi connectivity index (χ3v) is 10.0. The van der Waals surface area contributed by atoms with E-state index in [9.17, 15) is 22.8 Å². The molecule has 0 fully saturated rings. The van der Waals surface area contributed by atoms with Gasteiger partial charge >= 0.3 is 0 Å². The predicted molar refractivity (Wildman–Crippen MR) is 205 cm³/mol. The van der Waals surface area contributed by atoms with Crippen LogP contribution in [-0.2, 0) is 38.0 Å². The number of aryl methyl sites for hydroxylation is 3. The summed E-state index contributed by atoms with van der Waals surface area (Å²) in [7, 11) is 1.04. The molecule has 0 aliphatic rings. The van der Waals surface area contributed by atoms with Crippen LogP contribution in [0.2, 0.25) is 0 Å². The van der Waals surface area contributed by atoms with E-state index in [1.807, 2.05) is 32.2 Å². The largest absolute Gasteiger partial charge is 0.497 e. The standard InChI is InChI=1S/C37H44N10O6S/c1-22-7-10-27(20-32(22)54(39,51)52)47(37-40-18-17-33(43-37)45(4)26-11-14-29-24(3)46(5)44-31(29)19-26)34(48)16-15-30(42-35(49)23(2)38)36(50)41-21-25-8-12-28(53-6)13-9-25/h7-14,17-20,23,30H,15-16,21,38H2,1-6H3,(H,41,50)(H,42,49)(H2,39,51,52)/t23-,30-/m0/s1. The molecule has 5 rings (SSSR count). The summed E-state index contributed by atoms with van der Waals surface area (Å²) in [6.45, 7) is 5.19. The highest BCUT2D eigenvalue weighted by molar-refractivity contribution is 7.89. The van der Waals surface area contributed by atoms with Gasteiger partial charge in [-0.25, -0.2) is 23.4 Å². The van der Waals surface area contributed by atoms with Gasteiger partial charge in [0, 0.05) is 50.0 Å². The van der Waals surface area contributed by atoms with Crippen LogP contribution in [-0.4, -0.2) is 72.1 Å². The molecule has 284 valence electrons. The fourth-order valence-electron chi connectivity index (χ4n) is 5.71. The molecule has 17 heteroatoms. The Balaban J connectivity index is 1.46. The molecule has 16 nitrogen and oxygen atoms in total. The minimum Gasteiger partial charge on any atom is -0.497 e. The molecule has 2 heterocycles. The second-order valence-electron chi connectivity index (χ2n) is 12.9. The average Bonchev–Trinajstić information content (AvgIpc) is 3.43. The molecule has 5 aromatic rings. The van der Waals surface area contributed by atoms with E-state index in [0.717, 1.165) is 32.7 Å². The first-order valence-corrected chi connectivity index (χ1v) is 18.5. The number of ether oxygens (including phenoxy) is 1. The van der Waals surface area contributed by atoms with E-state index in [2.05, 4.69) is 20.7 Å². The number of benzene rings is 3. The Bertz CT molecular complexity index is 2290. The molecule has 0 saturated heterocycles. The number of aromatic nitrogens is 4. The van der Waals surface area contributed by atoms with E-state index in [-0.39, 0.29) is 35.9 Å². The van der Waals surface area contributed by atoms with Crippen LogP contribution >= 0.6 is 0 Å². The Morgan fingerprint density at radius 3 is 2.35 bits per heavy atom. The highest BCUT2D eigenvalue weighted by Gasteiger charge is 2.28. The number of sulfonamides is 1. The first-order valence-electron chi connectivity index (χ1n) is 17.0. The van der Waals surface area contributed by atoms with Crippen molar-refractivity contribution in [3.63, 3.8) is 0 Å². The summed E-state index contributed by atoms with van der Waals surface area (Å²) in [4.78, 5) is 52.3. The van der Waals surface area contributed by atoms with Gasteiger partial charge in [0.15, 0.2) is 0 Å². The quantitative estimate of drug-likeness (QED) is 0.129. The molecular formula is C37H44N10O6S. The topological polar surface area (TPSA) is 221 Å². The predicted octanol–water partition coefficient (Wildman–Crippen LogP) is 3.00. The van der Waals surface area contributed by atoms with Crippen molar-refractivity contribution in [3.8, 4) is 5.75 Å². The fraction of sp³-hybridized carbons (Fsp3) is 0.297. The van der Waals surface area contributed by atoms with Crippen molar-refractivity contribution < 1.29 is 27.5 Å². The number of amides is 3. The molecule has 0 radical (unpaired) electrons. The van der Waals surface area contributed by atoms with Crippen LogP contribution in [0.5, 0.6) is 5.75 Å². The van der Waals surface area contributed by atoms with Crippen molar-refractivity contribution in [1.82, 2.24) is 30.4 Å². The van der Waals surface area contributed by atoms with Gasteiger partial charge in [0.1, 0.15) is 17.6 Å². The van der Waals surface area contributed by atoms with Gasteiger partial charge in [-0.15, -0.1) is 0 Å². The average molecular weight is 757 g/mol. The Hall–Kier alpha value is -5.91. The zero-order valence-corrected chi connectivity index (χ0v) is 31.7. The number of carbonyl (C=O) groups is 3. The van der Waals surface area contributed by atoms with Gasteiger partial charge in [-0.05, 0) is 86.8 Å². The normalized spacial score (nSPS) is 12.5. The number of anilines is 4. The first kappa shape index (κ1) is 39.3. The summed E-state index contributed by atoms with van der Waals surface area (Å²) in [5, 5.41) is 16.5. The van der Waals surface area contributed by atoms with Crippen LogP contribution in [0, 0.1) is 13.8 Å². The monoisotopic (exact) mass is 756 g/mol. The Labute approximate surface area is 313 Å². The summed E-state index contributed by atoms with van der Waals surface area (Å²) in [5.74, 6) is -0.703. The van der Waals surface area contributed by atoms with Crippen molar-refractivity contribution >= 4 is 61.8 Å². The molecule has 0 spiro atoms. The number of carbonyl (C=O) groups excluding carboxylic acids is 3. The lowest BCUT2D eigenvalue weighted by Gasteiger charge is -2.25. The number of hydrogen-bond donors (Lipinski definition) is 4. The third-order valence-electron chi connectivity index (χ3n) is 8.98. The minimum absolute atomic E-state index is 0.0662. The maximum atomic E-state index is 14.3. The van der Waals surface area contributed by atoms with Gasteiger partial charge in [-0.3, -0.25) is 19.1 Å². The van der Waals surface area contributed by atoms with Gasteiger partial charge in [-0.1, -0.05) is 18.2 Å². The van der Waals surface area contributed by atoms with Crippen molar-refractivity contribution in [1.29, 1.82) is 0 Å². The summed E-state index contributed by atoms with van der Waals surface area (Å²) >= 11 is 0. The molecule has 2 atom stereocenters. The molecular weight excluding hydrogens is 713 g/mol. The highest BCUT2D eigenvalue weighted by atomic mass is 32.2. The summed E-state index contributed by atoms with van der Waals surface area (Å²) in [6, 6.07) is 16.8. The van der Waals surface area contributed by atoms with Crippen LogP contribution < -0.4 is 36.0 Å². The van der Waals surface area contributed by atoms with Crippen LogP contribution in [0.25, 0.3) is 10.9 Å².